The fourth-order valence-corrected chi connectivity index (χ4v) is 6.36. The van der Waals surface area contributed by atoms with Crippen LogP contribution < -0.4 is 4.74 Å². The van der Waals surface area contributed by atoms with Crippen LogP contribution in [0.5, 0.6) is 5.75 Å². The van der Waals surface area contributed by atoms with Gasteiger partial charge in [-0.2, -0.15) is 0 Å². The second-order valence-electron chi connectivity index (χ2n) is 8.41. The quantitative estimate of drug-likeness (QED) is 0.442. The Morgan fingerprint density at radius 2 is 2.06 bits per heavy atom. The third kappa shape index (κ3) is 2.41. The Hall–Kier alpha value is -2.15. The molecule has 1 saturated carbocycles. The number of epoxide rings is 1. The maximum absolute atomic E-state index is 13.1. The molecule has 1 aromatic heterocycles. The molecule has 2 aliphatic heterocycles. The van der Waals surface area contributed by atoms with Crippen molar-refractivity contribution in [2.75, 3.05) is 7.11 Å². The lowest BCUT2D eigenvalue weighted by molar-refractivity contribution is -0.155. The van der Waals surface area contributed by atoms with Crippen molar-refractivity contribution < 1.29 is 19.0 Å². The van der Waals surface area contributed by atoms with Crippen molar-refractivity contribution in [3.05, 3.63) is 81.6 Å². The van der Waals surface area contributed by atoms with Gasteiger partial charge in [0.2, 0.25) is 0 Å². The number of esters is 1. The van der Waals surface area contributed by atoms with Gasteiger partial charge in [-0.25, -0.2) is 0 Å². The molecule has 6 atom stereocenters. The van der Waals surface area contributed by atoms with Gasteiger partial charge in [0, 0.05) is 22.7 Å². The fraction of sp³-hybridized carbons (Fsp3) is 0.333. The van der Waals surface area contributed by atoms with Crippen LogP contribution in [0.1, 0.15) is 17.7 Å². The number of pyridine rings is 1. The van der Waals surface area contributed by atoms with Gasteiger partial charge in [0.15, 0.2) is 11.2 Å². The van der Waals surface area contributed by atoms with E-state index in [4.69, 9.17) is 25.8 Å². The third-order valence-corrected chi connectivity index (χ3v) is 7.79. The number of halogens is 2. The summed E-state index contributed by atoms with van der Waals surface area (Å²) >= 11 is 9.78. The highest BCUT2D eigenvalue weighted by atomic mass is 79.9. The molecular weight excluding hydrogens is 482 g/mol. The SMILES string of the molecule is COC(=O)[C@@H]1[C@@H](C2C=CC=CC2)[C@]2(c3ccc(Br)cc3)Oc3cc(Cl)cnc3[C@@]23O[C@@H]13. The first-order chi connectivity index (χ1) is 15.0. The average molecular weight is 501 g/mol. The summed E-state index contributed by atoms with van der Waals surface area (Å²) in [5.41, 5.74) is -0.111. The minimum Gasteiger partial charge on any atom is -0.477 e. The van der Waals surface area contributed by atoms with Crippen LogP contribution in [0, 0.1) is 17.8 Å². The molecule has 2 aromatic rings. The molecule has 1 saturated heterocycles. The van der Waals surface area contributed by atoms with E-state index in [0.29, 0.717) is 16.5 Å². The van der Waals surface area contributed by atoms with Crippen LogP contribution in [0.15, 0.2) is 65.3 Å². The number of carbonyl (C=O) groups is 1. The highest BCUT2D eigenvalue weighted by Gasteiger charge is 2.89. The van der Waals surface area contributed by atoms with Gasteiger partial charge in [-0.1, -0.05) is 64.0 Å². The van der Waals surface area contributed by atoms with Gasteiger partial charge in [0.05, 0.1) is 18.1 Å². The minimum atomic E-state index is -0.919. The van der Waals surface area contributed by atoms with E-state index in [1.807, 2.05) is 36.4 Å². The maximum Gasteiger partial charge on any atom is 0.311 e. The number of allylic oxidation sites excluding steroid dienone is 4. The standard InChI is InChI=1S/C24H19BrClNO4/c1-29-22(28)18-19(13-5-3-2-4-6-13)23(14-7-9-15(25)10-8-14)24(21(18)31-24)20-17(30-23)11-16(26)12-27-20/h2-5,7-13,18-19,21H,6H2,1H3/t13?,18-,19-,21+,23+,24+/m1/s1. The van der Waals surface area contributed by atoms with Crippen molar-refractivity contribution in [1.29, 1.82) is 0 Å². The summed E-state index contributed by atoms with van der Waals surface area (Å²) in [5.74, 6) is -0.258. The minimum absolute atomic E-state index is 0.0794. The van der Waals surface area contributed by atoms with Crippen molar-refractivity contribution in [2.24, 2.45) is 17.8 Å². The molecule has 4 aliphatic rings. The van der Waals surface area contributed by atoms with Crippen LogP contribution in [-0.4, -0.2) is 24.2 Å². The zero-order valence-electron chi connectivity index (χ0n) is 16.6. The number of rotatable bonds is 3. The number of fused-ring (bicyclic) bond motifs is 1. The van der Waals surface area contributed by atoms with Crippen molar-refractivity contribution in [1.82, 2.24) is 4.98 Å². The smallest absolute Gasteiger partial charge is 0.311 e. The van der Waals surface area contributed by atoms with Crippen LogP contribution >= 0.6 is 27.5 Å². The Morgan fingerprint density at radius 3 is 2.77 bits per heavy atom. The van der Waals surface area contributed by atoms with E-state index in [1.165, 1.54) is 7.11 Å². The predicted molar refractivity (Wildman–Crippen MR) is 118 cm³/mol. The van der Waals surface area contributed by atoms with E-state index < -0.39 is 17.1 Å². The fourth-order valence-electron chi connectivity index (χ4n) is 5.94. The third-order valence-electron chi connectivity index (χ3n) is 7.05. The zero-order valence-corrected chi connectivity index (χ0v) is 19.0. The first-order valence-electron chi connectivity index (χ1n) is 10.2. The van der Waals surface area contributed by atoms with Gasteiger partial charge < -0.3 is 14.2 Å². The van der Waals surface area contributed by atoms with Gasteiger partial charge in [-0.05, 0) is 30.0 Å². The normalized spacial score (nSPS) is 36.4. The number of nitrogens with zero attached hydrogens (tertiary/aromatic N) is 1. The Balaban J connectivity index is 1.62. The highest BCUT2D eigenvalue weighted by molar-refractivity contribution is 9.10. The number of benzene rings is 1. The molecule has 1 aromatic carbocycles. The van der Waals surface area contributed by atoms with Crippen molar-refractivity contribution in [2.45, 2.75) is 23.7 Å². The molecule has 1 unspecified atom stereocenters. The average Bonchev–Trinajstić information content (AvgIpc) is 3.38. The Bertz CT molecular complexity index is 1150. The van der Waals surface area contributed by atoms with Crippen LogP contribution in [0.3, 0.4) is 0 Å². The summed E-state index contributed by atoms with van der Waals surface area (Å²) in [6, 6.07) is 9.83. The Kier molecular flexibility index (Phi) is 4.20. The summed E-state index contributed by atoms with van der Waals surface area (Å²) < 4.78 is 19.4. The number of ether oxygens (including phenoxy) is 3. The predicted octanol–water partition coefficient (Wildman–Crippen LogP) is 4.93. The van der Waals surface area contributed by atoms with E-state index >= 15 is 0 Å². The molecule has 5 nitrogen and oxygen atoms in total. The highest BCUT2D eigenvalue weighted by Crippen LogP contribution is 2.77. The molecule has 2 fully saturated rings. The van der Waals surface area contributed by atoms with E-state index in [9.17, 15) is 4.79 Å². The van der Waals surface area contributed by atoms with Gasteiger partial charge in [-0.3, -0.25) is 9.78 Å². The lowest BCUT2D eigenvalue weighted by atomic mass is 9.68. The zero-order chi connectivity index (χ0) is 21.4. The number of hydrogen-bond donors (Lipinski definition) is 0. The number of hydrogen-bond acceptors (Lipinski definition) is 5. The maximum atomic E-state index is 13.1. The monoisotopic (exact) mass is 499 g/mol. The molecule has 6 rings (SSSR count). The second-order valence-corrected chi connectivity index (χ2v) is 9.76. The van der Waals surface area contributed by atoms with E-state index in [0.717, 1.165) is 16.5 Å². The second kappa shape index (κ2) is 6.67. The molecule has 31 heavy (non-hydrogen) atoms. The summed E-state index contributed by atoms with van der Waals surface area (Å²) in [7, 11) is 1.43. The summed E-state index contributed by atoms with van der Waals surface area (Å²) in [6.07, 6.45) is 10.4. The van der Waals surface area contributed by atoms with E-state index in [2.05, 4.69) is 33.1 Å². The topological polar surface area (TPSA) is 61.0 Å². The largest absolute Gasteiger partial charge is 0.477 e. The lowest BCUT2D eigenvalue weighted by Crippen LogP contribution is -2.49. The number of methoxy groups -OCH3 is 1. The van der Waals surface area contributed by atoms with Crippen LogP contribution in [0.4, 0.5) is 0 Å². The van der Waals surface area contributed by atoms with Crippen LogP contribution in [0.25, 0.3) is 0 Å². The van der Waals surface area contributed by atoms with Crippen LogP contribution in [-0.2, 0) is 25.5 Å². The van der Waals surface area contributed by atoms with Crippen LogP contribution in [0.2, 0.25) is 5.02 Å². The molecule has 0 bridgehead atoms. The Morgan fingerprint density at radius 1 is 1.26 bits per heavy atom. The lowest BCUT2D eigenvalue weighted by Gasteiger charge is -2.42. The molecule has 7 heteroatoms. The first kappa shape index (κ1) is 19.5. The molecule has 3 heterocycles. The molecule has 158 valence electrons. The number of aromatic nitrogens is 1. The van der Waals surface area contributed by atoms with Gasteiger partial charge in [-0.15, -0.1) is 0 Å². The van der Waals surface area contributed by atoms with Crippen molar-refractivity contribution >= 4 is 33.5 Å². The molecule has 0 radical (unpaired) electrons. The van der Waals surface area contributed by atoms with Gasteiger partial charge in [0.1, 0.15) is 17.5 Å². The van der Waals surface area contributed by atoms with Gasteiger partial charge >= 0.3 is 5.97 Å². The molecule has 0 N–H and O–H groups in total. The van der Waals surface area contributed by atoms with Crippen molar-refractivity contribution in [3.8, 4) is 5.75 Å². The molecular formula is C24H19BrClNO4. The summed E-state index contributed by atoms with van der Waals surface area (Å²) in [4.78, 5) is 17.7. The van der Waals surface area contributed by atoms with Gasteiger partial charge in [0.25, 0.3) is 0 Å². The molecule has 2 aliphatic carbocycles. The molecule has 0 amide bonds. The number of carbonyl (C=O) groups excluding carboxylic acids is 1. The summed E-state index contributed by atoms with van der Waals surface area (Å²) in [6.45, 7) is 0. The summed E-state index contributed by atoms with van der Waals surface area (Å²) in [5, 5.41) is 0.500. The van der Waals surface area contributed by atoms with E-state index in [-0.39, 0.29) is 23.9 Å². The van der Waals surface area contributed by atoms with Crippen molar-refractivity contribution in [3.63, 3.8) is 0 Å². The Labute approximate surface area is 193 Å². The van der Waals surface area contributed by atoms with E-state index in [1.54, 1.807) is 12.3 Å². The molecule has 1 spiro atoms. The first-order valence-corrected chi connectivity index (χ1v) is 11.4.